The molecule has 4 aromatic rings. The maximum absolute atomic E-state index is 13.2. The van der Waals surface area contributed by atoms with Gasteiger partial charge in [0, 0.05) is 21.3 Å². The fraction of sp³-hybridized carbons (Fsp3) is 0.185. The molecule has 7 heteroatoms. The number of rotatable bonds is 8. The van der Waals surface area contributed by atoms with Gasteiger partial charge in [0.25, 0.3) is 5.91 Å². The Morgan fingerprint density at radius 1 is 0.971 bits per heavy atom. The lowest BCUT2D eigenvalue weighted by Crippen LogP contribution is -2.22. The monoisotopic (exact) mass is 495 g/mol. The van der Waals surface area contributed by atoms with Gasteiger partial charge >= 0.3 is 0 Å². The van der Waals surface area contributed by atoms with Gasteiger partial charge in [-0.05, 0) is 73.0 Å². The molecule has 3 aromatic carbocycles. The number of benzene rings is 3. The fourth-order valence-corrected chi connectivity index (χ4v) is 3.84. The van der Waals surface area contributed by atoms with Gasteiger partial charge in [-0.1, -0.05) is 48.7 Å². The largest absolute Gasteiger partial charge is 0.476 e. The van der Waals surface area contributed by atoms with E-state index >= 15 is 0 Å². The Morgan fingerprint density at radius 3 is 2.38 bits per heavy atom. The molecule has 34 heavy (non-hydrogen) atoms. The first-order valence-electron chi connectivity index (χ1n) is 11.0. The highest BCUT2D eigenvalue weighted by atomic mass is 35.5. The van der Waals surface area contributed by atoms with E-state index in [2.05, 4.69) is 12.2 Å². The Balaban J connectivity index is 1.58. The second-order valence-electron chi connectivity index (χ2n) is 7.87. The normalized spacial score (nSPS) is 10.9. The summed E-state index contributed by atoms with van der Waals surface area (Å²) in [4.78, 5) is 25.8. The van der Waals surface area contributed by atoms with Crippen LogP contribution in [0.4, 0.5) is 5.69 Å². The van der Waals surface area contributed by atoms with Crippen LogP contribution in [0.25, 0.3) is 22.3 Å². The van der Waals surface area contributed by atoms with E-state index in [1.807, 2.05) is 24.3 Å². The molecule has 0 spiro atoms. The average molecular weight is 496 g/mol. The van der Waals surface area contributed by atoms with Gasteiger partial charge in [-0.15, -0.1) is 0 Å². The third-order valence-electron chi connectivity index (χ3n) is 5.32. The Hall–Kier alpha value is -3.28. The van der Waals surface area contributed by atoms with Crippen molar-refractivity contribution in [3.8, 4) is 17.1 Å². The molecule has 0 aliphatic heterocycles. The highest BCUT2D eigenvalue weighted by Gasteiger charge is 2.19. The molecule has 1 N–H and O–H groups in total. The van der Waals surface area contributed by atoms with Crippen LogP contribution in [0, 0.1) is 0 Å². The number of carbonyl (C=O) groups is 1. The van der Waals surface area contributed by atoms with Crippen molar-refractivity contribution in [3.05, 3.63) is 92.6 Å². The summed E-state index contributed by atoms with van der Waals surface area (Å²) in [5.41, 5.74) is 2.41. The summed E-state index contributed by atoms with van der Waals surface area (Å²) >= 11 is 12.1. The lowest BCUT2D eigenvalue weighted by molar-refractivity contribution is -0.118. The summed E-state index contributed by atoms with van der Waals surface area (Å²) in [5.74, 6) is -0.249. The summed E-state index contributed by atoms with van der Waals surface area (Å²) in [6.07, 6.45) is 3.25. The van der Waals surface area contributed by atoms with Crippen molar-refractivity contribution in [2.24, 2.45) is 0 Å². The van der Waals surface area contributed by atoms with Crippen molar-refractivity contribution in [1.82, 2.24) is 0 Å². The first-order chi connectivity index (χ1) is 16.4. The van der Waals surface area contributed by atoms with Crippen LogP contribution in [0.2, 0.25) is 10.0 Å². The number of hydrogen-bond acceptors (Lipinski definition) is 4. The predicted molar refractivity (Wildman–Crippen MR) is 137 cm³/mol. The molecular formula is C27H23Cl2NO4. The van der Waals surface area contributed by atoms with Crippen LogP contribution in [0.1, 0.15) is 25.3 Å². The SMILES string of the molecule is CCCCc1ccc(NC(=O)COc2c(-c3ccc(Cl)cc3)oc3ccc(Cl)cc3c2=O)cc1. The molecule has 0 saturated heterocycles. The summed E-state index contributed by atoms with van der Waals surface area (Å²) in [7, 11) is 0. The van der Waals surface area contributed by atoms with Crippen molar-refractivity contribution >= 4 is 45.8 Å². The van der Waals surface area contributed by atoms with Crippen LogP contribution in [0.5, 0.6) is 5.75 Å². The van der Waals surface area contributed by atoms with E-state index in [0.717, 1.165) is 19.3 Å². The summed E-state index contributed by atoms with van der Waals surface area (Å²) in [6.45, 7) is 1.78. The molecule has 0 fully saturated rings. The van der Waals surface area contributed by atoms with Gasteiger partial charge in [0.2, 0.25) is 11.2 Å². The van der Waals surface area contributed by atoms with Gasteiger partial charge in [0.15, 0.2) is 12.4 Å². The smallest absolute Gasteiger partial charge is 0.262 e. The topological polar surface area (TPSA) is 68.5 Å². The Morgan fingerprint density at radius 2 is 1.68 bits per heavy atom. The third kappa shape index (κ3) is 5.61. The molecule has 0 bridgehead atoms. The summed E-state index contributed by atoms with van der Waals surface area (Å²) in [5, 5.41) is 4.00. The molecule has 0 saturated carbocycles. The van der Waals surface area contributed by atoms with Crippen molar-refractivity contribution in [1.29, 1.82) is 0 Å². The van der Waals surface area contributed by atoms with Crippen LogP contribution >= 0.6 is 23.2 Å². The molecule has 0 atom stereocenters. The van der Waals surface area contributed by atoms with Crippen molar-refractivity contribution in [2.75, 3.05) is 11.9 Å². The van der Waals surface area contributed by atoms with Gasteiger partial charge in [0.05, 0.1) is 5.39 Å². The van der Waals surface area contributed by atoms with E-state index < -0.39 is 11.3 Å². The zero-order chi connectivity index (χ0) is 24.1. The number of amides is 1. The minimum Gasteiger partial charge on any atom is -0.476 e. The maximum Gasteiger partial charge on any atom is 0.262 e. The molecule has 1 heterocycles. The molecule has 174 valence electrons. The second kappa shape index (κ2) is 10.8. The van der Waals surface area contributed by atoms with E-state index in [0.29, 0.717) is 26.9 Å². The fourth-order valence-electron chi connectivity index (χ4n) is 3.54. The Kier molecular flexibility index (Phi) is 7.56. The Bertz CT molecular complexity index is 1360. The van der Waals surface area contributed by atoms with Crippen molar-refractivity contribution in [3.63, 3.8) is 0 Å². The lowest BCUT2D eigenvalue weighted by Gasteiger charge is -2.12. The number of nitrogens with one attached hydrogen (secondary N) is 1. The maximum atomic E-state index is 13.2. The minimum absolute atomic E-state index is 0.0675. The molecule has 1 amide bonds. The Labute approximate surface area is 207 Å². The lowest BCUT2D eigenvalue weighted by atomic mass is 10.1. The third-order valence-corrected chi connectivity index (χ3v) is 5.81. The molecule has 0 aliphatic rings. The van der Waals surface area contributed by atoms with Crippen molar-refractivity contribution in [2.45, 2.75) is 26.2 Å². The first-order valence-corrected chi connectivity index (χ1v) is 11.7. The number of hydrogen-bond donors (Lipinski definition) is 1. The summed E-state index contributed by atoms with van der Waals surface area (Å²) in [6, 6.07) is 19.3. The van der Waals surface area contributed by atoms with Crippen LogP contribution in [0.15, 0.2) is 75.9 Å². The number of fused-ring (bicyclic) bond motifs is 1. The molecule has 1 aromatic heterocycles. The number of anilines is 1. The summed E-state index contributed by atoms with van der Waals surface area (Å²) < 4.78 is 11.7. The van der Waals surface area contributed by atoms with Gasteiger partial charge < -0.3 is 14.5 Å². The highest BCUT2D eigenvalue weighted by Crippen LogP contribution is 2.32. The number of halogens is 2. The van der Waals surface area contributed by atoms with E-state index in [9.17, 15) is 9.59 Å². The average Bonchev–Trinajstić information content (AvgIpc) is 2.84. The van der Waals surface area contributed by atoms with Crippen LogP contribution in [0.3, 0.4) is 0 Å². The highest BCUT2D eigenvalue weighted by molar-refractivity contribution is 6.31. The molecular weight excluding hydrogens is 473 g/mol. The number of aryl methyl sites for hydroxylation is 1. The quantitative estimate of drug-likeness (QED) is 0.282. The van der Waals surface area contributed by atoms with E-state index in [4.69, 9.17) is 32.4 Å². The van der Waals surface area contributed by atoms with E-state index in [1.54, 1.807) is 36.4 Å². The van der Waals surface area contributed by atoms with Gasteiger partial charge in [-0.25, -0.2) is 0 Å². The number of ether oxygens (including phenoxy) is 1. The zero-order valence-corrected chi connectivity index (χ0v) is 20.1. The molecule has 0 unspecified atom stereocenters. The molecule has 4 rings (SSSR count). The van der Waals surface area contributed by atoms with Crippen molar-refractivity contribution < 1.29 is 13.9 Å². The zero-order valence-electron chi connectivity index (χ0n) is 18.6. The number of carbonyl (C=O) groups excluding carboxylic acids is 1. The minimum atomic E-state index is -0.415. The number of unbranched alkanes of at least 4 members (excludes halogenated alkanes) is 1. The molecule has 5 nitrogen and oxygen atoms in total. The van der Waals surface area contributed by atoms with Crippen LogP contribution in [-0.2, 0) is 11.2 Å². The second-order valence-corrected chi connectivity index (χ2v) is 8.75. The van der Waals surface area contributed by atoms with E-state index in [1.165, 1.54) is 11.6 Å². The van der Waals surface area contributed by atoms with Gasteiger partial charge in [0.1, 0.15) is 5.58 Å². The van der Waals surface area contributed by atoms with Crippen LogP contribution < -0.4 is 15.5 Å². The van der Waals surface area contributed by atoms with Gasteiger partial charge in [-0.2, -0.15) is 0 Å². The predicted octanol–water partition coefficient (Wildman–Crippen LogP) is 7.13. The standard InChI is InChI=1S/C27H23Cl2NO4/c1-2-3-4-17-5-12-21(13-6-17)30-24(31)16-33-27-25(32)22-15-20(29)11-14-23(22)34-26(27)18-7-9-19(28)10-8-18/h5-15H,2-4,16H2,1H3,(H,30,31). The first kappa shape index (κ1) is 23.9. The molecule has 0 aliphatic carbocycles. The van der Waals surface area contributed by atoms with Crippen LogP contribution in [-0.4, -0.2) is 12.5 Å². The van der Waals surface area contributed by atoms with Gasteiger partial charge in [-0.3, -0.25) is 9.59 Å². The molecule has 0 radical (unpaired) electrons. The van der Waals surface area contributed by atoms with E-state index in [-0.39, 0.29) is 23.5 Å².